The lowest BCUT2D eigenvalue weighted by Gasteiger charge is -2.16. The number of hydrogen-bond acceptors (Lipinski definition) is 4. The SMILES string of the molecule is CC(=O)OCC(=O)N[C@H](Cc1ccc(C)c(C)c1)C(N)=O. The highest BCUT2D eigenvalue weighted by molar-refractivity contribution is 5.88. The molecule has 1 aromatic carbocycles. The molecule has 21 heavy (non-hydrogen) atoms. The lowest BCUT2D eigenvalue weighted by Crippen LogP contribution is -2.47. The number of aryl methyl sites for hydroxylation is 2. The lowest BCUT2D eigenvalue weighted by molar-refractivity contribution is -0.146. The van der Waals surface area contributed by atoms with Gasteiger partial charge in [-0.3, -0.25) is 14.4 Å². The average Bonchev–Trinajstić information content (AvgIpc) is 2.39. The highest BCUT2D eigenvalue weighted by atomic mass is 16.5. The van der Waals surface area contributed by atoms with Crippen molar-refractivity contribution in [3.05, 3.63) is 34.9 Å². The van der Waals surface area contributed by atoms with Crippen molar-refractivity contribution in [2.45, 2.75) is 33.2 Å². The van der Waals surface area contributed by atoms with Gasteiger partial charge in [0, 0.05) is 13.3 Å². The van der Waals surface area contributed by atoms with Crippen molar-refractivity contribution in [2.75, 3.05) is 6.61 Å². The van der Waals surface area contributed by atoms with Crippen molar-refractivity contribution in [1.82, 2.24) is 5.32 Å². The Bertz CT molecular complexity index is 555. The van der Waals surface area contributed by atoms with Gasteiger partial charge in [-0.2, -0.15) is 0 Å². The Kier molecular flexibility index (Phi) is 5.90. The van der Waals surface area contributed by atoms with Crippen LogP contribution in [0.4, 0.5) is 0 Å². The van der Waals surface area contributed by atoms with Crippen LogP contribution in [0.15, 0.2) is 18.2 Å². The van der Waals surface area contributed by atoms with Crippen LogP contribution in [-0.4, -0.2) is 30.4 Å². The van der Waals surface area contributed by atoms with E-state index in [4.69, 9.17) is 5.73 Å². The first-order valence-corrected chi connectivity index (χ1v) is 6.57. The summed E-state index contributed by atoms with van der Waals surface area (Å²) < 4.78 is 4.57. The molecule has 0 fully saturated rings. The number of nitrogens with one attached hydrogen (secondary N) is 1. The van der Waals surface area contributed by atoms with Gasteiger partial charge in [-0.15, -0.1) is 0 Å². The van der Waals surface area contributed by atoms with Crippen molar-refractivity contribution in [3.63, 3.8) is 0 Å². The summed E-state index contributed by atoms with van der Waals surface area (Å²) in [6, 6.07) is 4.94. The molecule has 0 saturated heterocycles. The number of benzene rings is 1. The molecular weight excluding hydrogens is 272 g/mol. The molecule has 2 amide bonds. The van der Waals surface area contributed by atoms with Gasteiger partial charge >= 0.3 is 5.97 Å². The van der Waals surface area contributed by atoms with Gasteiger partial charge in [0.25, 0.3) is 5.91 Å². The van der Waals surface area contributed by atoms with Crippen molar-refractivity contribution in [1.29, 1.82) is 0 Å². The van der Waals surface area contributed by atoms with E-state index in [1.54, 1.807) is 0 Å². The Morgan fingerprint density at radius 2 is 1.90 bits per heavy atom. The predicted molar refractivity (Wildman–Crippen MR) is 77.4 cm³/mol. The maximum atomic E-state index is 11.6. The van der Waals surface area contributed by atoms with Gasteiger partial charge in [0.05, 0.1) is 0 Å². The molecule has 1 rings (SSSR count). The zero-order valence-corrected chi connectivity index (χ0v) is 12.4. The third-order valence-corrected chi connectivity index (χ3v) is 3.10. The van der Waals surface area contributed by atoms with Crippen molar-refractivity contribution in [3.8, 4) is 0 Å². The second-order valence-corrected chi connectivity index (χ2v) is 4.93. The first-order chi connectivity index (χ1) is 9.79. The Morgan fingerprint density at radius 1 is 1.24 bits per heavy atom. The smallest absolute Gasteiger partial charge is 0.303 e. The maximum Gasteiger partial charge on any atom is 0.303 e. The minimum atomic E-state index is -0.838. The van der Waals surface area contributed by atoms with E-state index in [0.717, 1.165) is 16.7 Å². The Labute approximate surface area is 123 Å². The van der Waals surface area contributed by atoms with Gasteiger partial charge in [-0.25, -0.2) is 0 Å². The Morgan fingerprint density at radius 3 is 2.43 bits per heavy atom. The van der Waals surface area contributed by atoms with Crippen LogP contribution in [0.3, 0.4) is 0 Å². The van der Waals surface area contributed by atoms with Crippen LogP contribution in [0.2, 0.25) is 0 Å². The molecule has 0 bridgehead atoms. The summed E-state index contributed by atoms with van der Waals surface area (Å²) in [5.41, 5.74) is 8.44. The maximum absolute atomic E-state index is 11.6. The third kappa shape index (κ3) is 5.64. The molecule has 1 atom stereocenters. The first kappa shape index (κ1) is 16.7. The Balaban J connectivity index is 2.69. The van der Waals surface area contributed by atoms with E-state index in [9.17, 15) is 14.4 Å². The summed E-state index contributed by atoms with van der Waals surface area (Å²) in [7, 11) is 0. The van der Waals surface area contributed by atoms with Crippen LogP contribution in [0.5, 0.6) is 0 Å². The second kappa shape index (κ2) is 7.42. The van der Waals surface area contributed by atoms with Crippen LogP contribution < -0.4 is 11.1 Å². The summed E-state index contributed by atoms with van der Waals surface area (Å²) in [5.74, 6) is -1.75. The van der Waals surface area contributed by atoms with Gasteiger partial charge in [0.1, 0.15) is 6.04 Å². The number of carbonyl (C=O) groups excluding carboxylic acids is 3. The van der Waals surface area contributed by atoms with E-state index in [1.165, 1.54) is 6.92 Å². The number of esters is 1. The molecule has 0 unspecified atom stereocenters. The molecule has 0 aliphatic heterocycles. The van der Waals surface area contributed by atoms with Crippen LogP contribution in [0.1, 0.15) is 23.6 Å². The number of carbonyl (C=O) groups is 3. The second-order valence-electron chi connectivity index (χ2n) is 4.93. The van der Waals surface area contributed by atoms with E-state index in [2.05, 4.69) is 10.1 Å². The highest BCUT2D eigenvalue weighted by Gasteiger charge is 2.19. The monoisotopic (exact) mass is 292 g/mol. The molecule has 3 N–H and O–H groups in total. The number of primary amides is 1. The number of hydrogen-bond donors (Lipinski definition) is 2. The van der Waals surface area contributed by atoms with Gasteiger partial charge in [-0.05, 0) is 30.5 Å². The minimum absolute atomic E-state index is 0.294. The highest BCUT2D eigenvalue weighted by Crippen LogP contribution is 2.11. The first-order valence-electron chi connectivity index (χ1n) is 6.57. The standard InChI is InChI=1S/C15H20N2O4/c1-9-4-5-12(6-10(9)2)7-13(15(16)20)17-14(19)8-21-11(3)18/h4-6,13H,7-8H2,1-3H3,(H2,16,20)(H,17,19)/t13-/m1/s1. The molecule has 0 heterocycles. The summed E-state index contributed by atoms with van der Waals surface area (Å²) >= 11 is 0. The lowest BCUT2D eigenvalue weighted by atomic mass is 10.0. The normalized spacial score (nSPS) is 11.6. The number of ether oxygens (including phenoxy) is 1. The topological polar surface area (TPSA) is 98.5 Å². The van der Waals surface area contributed by atoms with E-state index >= 15 is 0 Å². The summed E-state index contributed by atoms with van der Waals surface area (Å²) in [5, 5.41) is 2.46. The van der Waals surface area contributed by atoms with E-state index in [1.807, 2.05) is 32.0 Å². The average molecular weight is 292 g/mol. The molecule has 6 heteroatoms. The molecule has 0 spiro atoms. The summed E-state index contributed by atoms with van der Waals surface area (Å²) in [6.45, 7) is 4.74. The van der Waals surface area contributed by atoms with Crippen molar-refractivity contribution < 1.29 is 19.1 Å². The zero-order chi connectivity index (χ0) is 16.0. The fourth-order valence-corrected chi connectivity index (χ4v) is 1.79. The molecule has 0 aliphatic carbocycles. The minimum Gasteiger partial charge on any atom is -0.456 e. The largest absolute Gasteiger partial charge is 0.456 e. The fourth-order valence-electron chi connectivity index (χ4n) is 1.79. The Hall–Kier alpha value is -2.37. The van der Waals surface area contributed by atoms with Gasteiger partial charge < -0.3 is 15.8 Å². The predicted octanol–water partition coefficient (Wildman–Crippen LogP) is 0.379. The molecule has 1 aromatic rings. The van der Waals surface area contributed by atoms with E-state index in [-0.39, 0.29) is 0 Å². The molecule has 114 valence electrons. The van der Waals surface area contributed by atoms with Crippen molar-refractivity contribution in [2.24, 2.45) is 5.73 Å². The molecule has 0 aromatic heterocycles. The summed E-state index contributed by atoms with van der Waals surface area (Å²) in [6.07, 6.45) is 0.294. The van der Waals surface area contributed by atoms with Gasteiger partial charge in [-0.1, -0.05) is 18.2 Å². The van der Waals surface area contributed by atoms with Crippen LogP contribution in [0, 0.1) is 13.8 Å². The third-order valence-electron chi connectivity index (χ3n) is 3.10. The molecular formula is C15H20N2O4. The molecule has 0 aliphatic rings. The number of amides is 2. The zero-order valence-electron chi connectivity index (χ0n) is 12.4. The number of nitrogens with two attached hydrogens (primary N) is 1. The van der Waals surface area contributed by atoms with Gasteiger partial charge in [0.15, 0.2) is 6.61 Å². The quantitative estimate of drug-likeness (QED) is 0.740. The van der Waals surface area contributed by atoms with E-state index in [0.29, 0.717) is 6.42 Å². The van der Waals surface area contributed by atoms with Crippen LogP contribution in [-0.2, 0) is 25.5 Å². The van der Waals surface area contributed by atoms with Crippen LogP contribution in [0.25, 0.3) is 0 Å². The molecule has 0 radical (unpaired) electrons. The fraction of sp³-hybridized carbons (Fsp3) is 0.400. The molecule has 6 nitrogen and oxygen atoms in total. The molecule has 0 saturated carbocycles. The van der Waals surface area contributed by atoms with E-state index < -0.39 is 30.4 Å². The van der Waals surface area contributed by atoms with Gasteiger partial charge in [0.2, 0.25) is 5.91 Å². The van der Waals surface area contributed by atoms with Crippen LogP contribution >= 0.6 is 0 Å². The number of rotatable bonds is 6. The summed E-state index contributed by atoms with van der Waals surface area (Å²) in [4.78, 5) is 33.6. The van der Waals surface area contributed by atoms with Crippen molar-refractivity contribution >= 4 is 17.8 Å².